The number of thiophene rings is 6. The first-order chi connectivity index (χ1) is 48.5. The molecule has 526 valence electrons. The Bertz CT molecular complexity index is 3890. The predicted molar refractivity (Wildman–Crippen MR) is 445 cm³/mol. The van der Waals surface area contributed by atoms with Gasteiger partial charge in [-0.1, -0.05) is 303 Å². The number of fused-ring (bicyclic) bond motifs is 4. The molecule has 0 saturated heterocycles. The molecule has 0 spiro atoms. The summed E-state index contributed by atoms with van der Waals surface area (Å²) >= 11 is 14.7. The fraction of sp³-hybridized carbons (Fsp3) is 0.558. The van der Waals surface area contributed by atoms with E-state index in [1.165, 1.54) is 359 Å². The van der Waals surface area contributed by atoms with Crippen molar-refractivity contribution >= 4 is 134 Å². The first-order valence-corrected chi connectivity index (χ1v) is 45.8. The van der Waals surface area contributed by atoms with Gasteiger partial charge in [0.05, 0.1) is 23.5 Å². The number of nitrogens with zero attached hydrogens (tertiary/aromatic N) is 4. The normalized spacial score (nSPS) is 12.7. The molecule has 0 aliphatic heterocycles. The molecule has 0 bridgehead atoms. The first kappa shape index (κ1) is 75.2. The minimum Gasteiger partial charge on any atom is -0.173 e. The molecule has 12 heteroatoms. The van der Waals surface area contributed by atoms with Crippen LogP contribution in [0, 0.1) is 11.8 Å². The van der Waals surface area contributed by atoms with Crippen molar-refractivity contribution in [1.82, 2.24) is 17.5 Å². The second kappa shape index (κ2) is 41.3. The Labute approximate surface area is 623 Å². The third-order valence-corrected chi connectivity index (χ3v) is 29.0. The van der Waals surface area contributed by atoms with Crippen molar-refractivity contribution in [3.63, 3.8) is 0 Å². The van der Waals surface area contributed by atoms with Crippen molar-refractivity contribution in [2.75, 3.05) is 0 Å². The van der Waals surface area contributed by atoms with Crippen molar-refractivity contribution in [3.05, 3.63) is 106 Å². The molecule has 0 amide bonds. The lowest BCUT2D eigenvalue weighted by atomic mass is 9.91. The highest BCUT2D eigenvalue weighted by Gasteiger charge is 2.27. The Balaban J connectivity index is 0.931. The molecule has 11 rings (SSSR count). The molecule has 0 aliphatic carbocycles. The van der Waals surface area contributed by atoms with Gasteiger partial charge in [-0.3, -0.25) is 0 Å². The van der Waals surface area contributed by atoms with Gasteiger partial charge in [-0.25, -0.2) is 0 Å². The maximum atomic E-state index is 4.99. The van der Waals surface area contributed by atoms with E-state index in [4.69, 9.17) is 8.75 Å². The molecular formula is C86H114N4S8. The summed E-state index contributed by atoms with van der Waals surface area (Å²) in [5.74, 6) is 1.49. The molecule has 4 nitrogen and oxygen atoms in total. The van der Waals surface area contributed by atoms with Crippen LogP contribution in [0.15, 0.2) is 96.4 Å². The first-order valence-electron chi connectivity index (χ1n) is 39.3. The van der Waals surface area contributed by atoms with Gasteiger partial charge in [-0.05, 0) is 114 Å². The van der Waals surface area contributed by atoms with Crippen LogP contribution in [0.1, 0.15) is 294 Å². The van der Waals surface area contributed by atoms with Crippen LogP contribution < -0.4 is 0 Å². The quantitative estimate of drug-likeness (QED) is 0.0357. The minimum atomic E-state index is 0.743. The highest BCUT2D eigenvalue weighted by molar-refractivity contribution is 7.29. The third kappa shape index (κ3) is 21.6. The van der Waals surface area contributed by atoms with Crippen molar-refractivity contribution < 1.29 is 0 Å². The number of unbranched alkanes of at least 4 members (excludes halogenated alkanes) is 32. The summed E-state index contributed by atoms with van der Waals surface area (Å²) in [6.07, 6.45) is 58.1. The molecular weight excluding hydrogens is 1350 g/mol. The molecule has 0 aliphatic rings. The lowest BCUT2D eigenvalue weighted by molar-refractivity contribution is 0.401. The van der Waals surface area contributed by atoms with E-state index in [1.54, 1.807) is 9.75 Å². The van der Waals surface area contributed by atoms with Gasteiger partial charge in [-0.2, -0.15) is 17.5 Å². The van der Waals surface area contributed by atoms with Crippen molar-refractivity contribution in [2.45, 2.75) is 297 Å². The summed E-state index contributed by atoms with van der Waals surface area (Å²) in [4.78, 5) is 12.6. The number of rotatable bonds is 50. The van der Waals surface area contributed by atoms with E-state index in [0.717, 1.165) is 50.6 Å². The number of aromatic nitrogens is 4. The fourth-order valence-corrected chi connectivity index (χ4v) is 23.3. The van der Waals surface area contributed by atoms with Gasteiger partial charge < -0.3 is 0 Å². The average molecular weight is 1460 g/mol. The average Bonchev–Trinajstić information content (AvgIpc) is 1.55. The molecule has 0 radical (unpaired) electrons. The summed E-state index contributed by atoms with van der Waals surface area (Å²) < 4.78 is 21.9. The summed E-state index contributed by atoms with van der Waals surface area (Å²) in [6.45, 7) is 9.33. The van der Waals surface area contributed by atoms with Crippen LogP contribution in [0.25, 0.3) is 104 Å². The Morgan fingerprint density at radius 2 is 0.704 bits per heavy atom. The number of benzene rings is 3. The van der Waals surface area contributed by atoms with Gasteiger partial charge in [0.15, 0.2) is 0 Å². The Morgan fingerprint density at radius 3 is 1.17 bits per heavy atom. The molecule has 2 atom stereocenters. The lowest BCUT2D eigenvalue weighted by Gasteiger charge is -2.16. The van der Waals surface area contributed by atoms with E-state index >= 15 is 0 Å². The molecule has 3 aromatic carbocycles. The Morgan fingerprint density at radius 1 is 0.306 bits per heavy atom. The van der Waals surface area contributed by atoms with Gasteiger partial charge in [0.2, 0.25) is 0 Å². The lowest BCUT2D eigenvalue weighted by Crippen LogP contribution is -2.04. The van der Waals surface area contributed by atoms with Gasteiger partial charge in [0.25, 0.3) is 0 Å². The Kier molecular flexibility index (Phi) is 31.7. The standard InChI is InChI=1S/C86H114N4S8/c1-5-9-13-17-21-25-27-31-35-39-44-63(42-37-33-29-23-19-15-11-7-3)58-66-48-53-77(92-66)82-69-61-79(74-46-41-57-91-74)95-85(69)83(78-54-49-67(93-78)59-64(43-38-34-30-24-20-16-12-8-4)45-40-36-32-28-26-22-18-14-10-6-2)70-62-80(96-86(70)82)75-55-56-76(94-75)81-68(50-52-72-84(81)90-98-88-72)65-47-51-71-73(60-65)89-97-87-71/h41,46-57,60-64H,5-40,42-45,58-59H2,1-4H3. The van der Waals surface area contributed by atoms with E-state index in [1.807, 2.05) is 45.3 Å². The van der Waals surface area contributed by atoms with Gasteiger partial charge in [0.1, 0.15) is 22.1 Å². The van der Waals surface area contributed by atoms with Crippen LogP contribution in [0.2, 0.25) is 0 Å². The summed E-state index contributed by atoms with van der Waals surface area (Å²) in [5.41, 5.74) is 10.1. The molecule has 11 aromatic rings. The molecule has 0 fully saturated rings. The van der Waals surface area contributed by atoms with E-state index in [-0.39, 0.29) is 0 Å². The highest BCUT2D eigenvalue weighted by atomic mass is 32.1. The van der Waals surface area contributed by atoms with Crippen LogP contribution in [0.5, 0.6) is 0 Å². The monoisotopic (exact) mass is 1460 g/mol. The predicted octanol–water partition coefficient (Wildman–Crippen LogP) is 32.4. The number of hydrogen-bond acceptors (Lipinski definition) is 12. The van der Waals surface area contributed by atoms with Crippen LogP contribution in [-0.2, 0) is 12.8 Å². The van der Waals surface area contributed by atoms with Crippen molar-refractivity contribution in [3.8, 4) is 62.0 Å². The van der Waals surface area contributed by atoms with E-state index in [9.17, 15) is 0 Å². The molecule has 0 saturated carbocycles. The third-order valence-electron chi connectivity index (χ3n) is 21.0. The van der Waals surface area contributed by atoms with Crippen molar-refractivity contribution in [1.29, 1.82) is 0 Å². The maximum absolute atomic E-state index is 4.99. The van der Waals surface area contributed by atoms with E-state index in [2.05, 4.69) is 155 Å². The smallest absolute Gasteiger partial charge is 0.114 e. The fourth-order valence-electron chi connectivity index (χ4n) is 15.3. The maximum Gasteiger partial charge on any atom is 0.114 e. The van der Waals surface area contributed by atoms with E-state index < -0.39 is 0 Å². The molecule has 8 heterocycles. The second-order valence-electron chi connectivity index (χ2n) is 28.8. The van der Waals surface area contributed by atoms with Gasteiger partial charge >= 0.3 is 0 Å². The SMILES string of the molecule is CCCCCCCCCCCCC(CCCCCCCCCC)Cc1ccc(-c2c3cc(-c4ccc(-c5c(-c6ccc7nsnc7c6)ccc6nsnc56)s4)sc3c(-c3ccc(CC(CCCCCCCCCC)CCCCCCCCCCCC)s3)c3cc(-c4cccs4)sc23)s1. The summed E-state index contributed by atoms with van der Waals surface area (Å²) in [7, 11) is 0. The zero-order valence-corrected chi connectivity index (χ0v) is 66.7. The van der Waals surface area contributed by atoms with E-state index in [0.29, 0.717) is 0 Å². The van der Waals surface area contributed by atoms with Crippen LogP contribution >= 0.6 is 91.5 Å². The van der Waals surface area contributed by atoms with Crippen LogP contribution in [0.4, 0.5) is 0 Å². The van der Waals surface area contributed by atoms with Gasteiger partial charge in [0, 0.05) is 80.8 Å². The van der Waals surface area contributed by atoms with Gasteiger partial charge in [-0.15, -0.1) is 68.0 Å². The molecule has 2 unspecified atom stereocenters. The highest BCUT2D eigenvalue weighted by Crippen LogP contribution is 2.56. The van der Waals surface area contributed by atoms with Crippen molar-refractivity contribution in [2.24, 2.45) is 11.8 Å². The van der Waals surface area contributed by atoms with Crippen LogP contribution in [0.3, 0.4) is 0 Å². The largest absolute Gasteiger partial charge is 0.173 e. The zero-order chi connectivity index (χ0) is 67.4. The minimum absolute atomic E-state index is 0.743. The molecule has 0 N–H and O–H groups in total. The topological polar surface area (TPSA) is 51.6 Å². The zero-order valence-electron chi connectivity index (χ0n) is 60.1. The summed E-state index contributed by atoms with van der Waals surface area (Å²) in [5, 5.41) is 5.11. The molecule has 98 heavy (non-hydrogen) atoms. The second-order valence-corrected chi connectivity index (χ2v) is 36.4. The number of hydrogen-bond donors (Lipinski definition) is 0. The Hall–Kier alpha value is -3.98. The molecule has 8 aromatic heterocycles. The van der Waals surface area contributed by atoms with Crippen LogP contribution in [-0.4, -0.2) is 17.5 Å². The summed E-state index contributed by atoms with van der Waals surface area (Å²) in [6, 6.07) is 35.6.